The van der Waals surface area contributed by atoms with E-state index in [0.29, 0.717) is 19.6 Å². The minimum Gasteiger partial charge on any atom is -0.493 e. The molecule has 1 atom stereocenters. The van der Waals surface area contributed by atoms with Crippen molar-refractivity contribution in [1.82, 2.24) is 0 Å². The zero-order valence-electron chi connectivity index (χ0n) is 14.9. The summed E-state index contributed by atoms with van der Waals surface area (Å²) in [5.41, 5.74) is 2.14. The van der Waals surface area contributed by atoms with E-state index in [0.717, 1.165) is 17.7 Å². The van der Waals surface area contributed by atoms with Gasteiger partial charge < -0.3 is 14.2 Å². The van der Waals surface area contributed by atoms with E-state index in [1.165, 1.54) is 5.56 Å². The molecular formula is C21H26O4. The van der Waals surface area contributed by atoms with Crippen molar-refractivity contribution >= 4 is 5.97 Å². The molecule has 0 fully saturated rings. The van der Waals surface area contributed by atoms with Crippen molar-refractivity contribution in [3.8, 4) is 5.75 Å². The number of hydrogen-bond acceptors (Lipinski definition) is 4. The minimum atomic E-state index is -0.326. The summed E-state index contributed by atoms with van der Waals surface area (Å²) in [5.74, 6) is 0.539. The van der Waals surface area contributed by atoms with Crippen LogP contribution in [-0.2, 0) is 20.7 Å². The summed E-state index contributed by atoms with van der Waals surface area (Å²) in [6, 6.07) is 18.0. The van der Waals surface area contributed by atoms with Crippen molar-refractivity contribution < 1.29 is 19.0 Å². The Hall–Kier alpha value is -2.33. The summed E-state index contributed by atoms with van der Waals surface area (Å²) >= 11 is 0. The third-order valence-electron chi connectivity index (χ3n) is 3.81. The Balaban J connectivity index is 2.02. The maximum atomic E-state index is 11.5. The molecule has 2 aromatic carbocycles. The lowest BCUT2D eigenvalue weighted by Gasteiger charge is -2.20. The van der Waals surface area contributed by atoms with E-state index in [9.17, 15) is 4.79 Å². The van der Waals surface area contributed by atoms with E-state index in [1.807, 2.05) is 49.4 Å². The first kappa shape index (κ1) is 19.0. The Morgan fingerprint density at radius 2 is 1.72 bits per heavy atom. The maximum absolute atomic E-state index is 11.5. The van der Waals surface area contributed by atoms with Crippen LogP contribution in [0.15, 0.2) is 54.6 Å². The van der Waals surface area contributed by atoms with Crippen LogP contribution in [0, 0.1) is 0 Å². The van der Waals surface area contributed by atoms with Crippen molar-refractivity contribution in [3.05, 3.63) is 65.7 Å². The number of esters is 1. The molecule has 0 radical (unpaired) electrons. The van der Waals surface area contributed by atoms with Crippen LogP contribution in [-0.4, -0.2) is 25.8 Å². The van der Waals surface area contributed by atoms with E-state index in [2.05, 4.69) is 12.1 Å². The molecule has 0 saturated carbocycles. The molecule has 0 aliphatic carbocycles. The molecule has 0 amide bonds. The van der Waals surface area contributed by atoms with Gasteiger partial charge in [0.15, 0.2) is 0 Å². The molecule has 0 spiro atoms. The second-order valence-corrected chi connectivity index (χ2v) is 5.60. The van der Waals surface area contributed by atoms with Gasteiger partial charge in [-0.05, 0) is 18.6 Å². The molecule has 134 valence electrons. The van der Waals surface area contributed by atoms with Gasteiger partial charge >= 0.3 is 5.97 Å². The molecule has 4 heteroatoms. The molecule has 25 heavy (non-hydrogen) atoms. The van der Waals surface area contributed by atoms with Crippen molar-refractivity contribution in [2.24, 2.45) is 0 Å². The molecule has 0 N–H and O–H groups in total. The van der Waals surface area contributed by atoms with E-state index in [1.54, 1.807) is 6.92 Å². The lowest BCUT2D eigenvalue weighted by Crippen LogP contribution is -2.16. The van der Waals surface area contributed by atoms with Gasteiger partial charge in [-0.2, -0.15) is 0 Å². The van der Waals surface area contributed by atoms with Crippen molar-refractivity contribution in [3.63, 3.8) is 0 Å². The first-order chi connectivity index (χ1) is 12.2. The molecule has 2 aromatic rings. The maximum Gasteiger partial charge on any atom is 0.305 e. The second-order valence-electron chi connectivity index (χ2n) is 5.60. The standard InChI is InChI=1S/C21H26O4/c1-3-21(22)25-16-20(23-4-2)18-12-8-9-13-19(18)24-15-14-17-10-6-5-7-11-17/h5-13,20H,3-4,14-16H2,1-2H3. The van der Waals surface area contributed by atoms with Gasteiger partial charge in [0.2, 0.25) is 0 Å². The summed E-state index contributed by atoms with van der Waals surface area (Å²) in [7, 11) is 0. The fourth-order valence-electron chi connectivity index (χ4n) is 2.50. The number of carbonyl (C=O) groups excluding carboxylic acids is 1. The summed E-state index contributed by atoms with van der Waals surface area (Å²) in [6.07, 6.45) is 0.862. The van der Waals surface area contributed by atoms with Gasteiger partial charge in [-0.15, -0.1) is 0 Å². The number of rotatable bonds is 10. The highest BCUT2D eigenvalue weighted by molar-refractivity contribution is 5.68. The minimum absolute atomic E-state index is 0.194. The van der Waals surface area contributed by atoms with E-state index >= 15 is 0 Å². The molecule has 0 aliphatic rings. The Morgan fingerprint density at radius 1 is 1.00 bits per heavy atom. The third kappa shape index (κ3) is 6.24. The quantitative estimate of drug-likeness (QED) is 0.603. The fraction of sp³-hybridized carbons (Fsp3) is 0.381. The van der Waals surface area contributed by atoms with Crippen LogP contribution in [0.25, 0.3) is 0 Å². The molecule has 0 saturated heterocycles. The van der Waals surface area contributed by atoms with E-state index in [4.69, 9.17) is 14.2 Å². The van der Waals surface area contributed by atoms with E-state index in [-0.39, 0.29) is 18.7 Å². The first-order valence-electron chi connectivity index (χ1n) is 8.77. The molecule has 0 bridgehead atoms. The average molecular weight is 342 g/mol. The van der Waals surface area contributed by atoms with Crippen molar-refractivity contribution in [1.29, 1.82) is 0 Å². The highest BCUT2D eigenvalue weighted by Crippen LogP contribution is 2.28. The molecule has 0 aliphatic heterocycles. The first-order valence-corrected chi connectivity index (χ1v) is 8.77. The van der Waals surface area contributed by atoms with Crippen molar-refractivity contribution in [2.45, 2.75) is 32.8 Å². The largest absolute Gasteiger partial charge is 0.493 e. The monoisotopic (exact) mass is 342 g/mol. The van der Waals surface area contributed by atoms with Crippen LogP contribution < -0.4 is 4.74 Å². The Morgan fingerprint density at radius 3 is 2.44 bits per heavy atom. The fourth-order valence-corrected chi connectivity index (χ4v) is 2.50. The zero-order valence-corrected chi connectivity index (χ0v) is 14.9. The topological polar surface area (TPSA) is 44.8 Å². The van der Waals surface area contributed by atoms with Crippen molar-refractivity contribution in [2.75, 3.05) is 19.8 Å². The summed E-state index contributed by atoms with van der Waals surface area (Å²) < 4.78 is 17.0. The Labute approximate surface area is 149 Å². The second kappa shape index (κ2) is 10.5. The molecule has 1 unspecified atom stereocenters. The van der Waals surface area contributed by atoms with Gasteiger partial charge in [-0.25, -0.2) is 0 Å². The highest BCUT2D eigenvalue weighted by Gasteiger charge is 2.18. The van der Waals surface area contributed by atoms with Gasteiger partial charge in [0.05, 0.1) is 6.61 Å². The molecule has 0 aromatic heterocycles. The van der Waals surface area contributed by atoms with Crippen LogP contribution in [0.1, 0.15) is 37.5 Å². The predicted octanol–water partition coefficient (Wildman–Crippen LogP) is 4.34. The SMILES string of the molecule is CCOC(COC(=O)CC)c1ccccc1OCCc1ccccc1. The predicted molar refractivity (Wildman–Crippen MR) is 97.7 cm³/mol. The number of benzene rings is 2. The summed E-state index contributed by atoms with van der Waals surface area (Å²) in [4.78, 5) is 11.5. The summed E-state index contributed by atoms with van der Waals surface area (Å²) in [6.45, 7) is 5.01. The average Bonchev–Trinajstić information content (AvgIpc) is 2.66. The van der Waals surface area contributed by atoms with Crippen LogP contribution in [0.2, 0.25) is 0 Å². The smallest absolute Gasteiger partial charge is 0.305 e. The zero-order chi connectivity index (χ0) is 17.9. The van der Waals surface area contributed by atoms with Gasteiger partial charge in [0, 0.05) is 25.0 Å². The van der Waals surface area contributed by atoms with Crippen LogP contribution >= 0.6 is 0 Å². The van der Waals surface area contributed by atoms with E-state index < -0.39 is 0 Å². The molecule has 2 rings (SSSR count). The Bertz CT molecular complexity index is 639. The third-order valence-corrected chi connectivity index (χ3v) is 3.81. The van der Waals surface area contributed by atoms with Crippen LogP contribution in [0.3, 0.4) is 0 Å². The van der Waals surface area contributed by atoms with Gasteiger partial charge in [-0.3, -0.25) is 4.79 Å². The normalized spacial score (nSPS) is 11.8. The number of carbonyl (C=O) groups is 1. The summed E-state index contributed by atoms with van der Waals surface area (Å²) in [5, 5.41) is 0. The highest BCUT2D eigenvalue weighted by atomic mass is 16.6. The van der Waals surface area contributed by atoms with Crippen LogP contribution in [0.5, 0.6) is 5.75 Å². The molecule has 0 heterocycles. The number of ether oxygens (including phenoxy) is 3. The van der Waals surface area contributed by atoms with Gasteiger partial charge in [0.1, 0.15) is 18.5 Å². The van der Waals surface area contributed by atoms with Crippen LogP contribution in [0.4, 0.5) is 0 Å². The lowest BCUT2D eigenvalue weighted by atomic mass is 10.1. The molecule has 4 nitrogen and oxygen atoms in total. The lowest BCUT2D eigenvalue weighted by molar-refractivity contribution is -0.147. The number of hydrogen-bond donors (Lipinski definition) is 0. The Kier molecular flexibility index (Phi) is 7.99. The number of para-hydroxylation sites is 1. The van der Waals surface area contributed by atoms with Gasteiger partial charge in [-0.1, -0.05) is 55.5 Å². The molecular weight excluding hydrogens is 316 g/mol. The van der Waals surface area contributed by atoms with Gasteiger partial charge in [0.25, 0.3) is 0 Å².